The highest BCUT2D eigenvalue weighted by molar-refractivity contribution is 5.87. The first-order chi connectivity index (χ1) is 13.1. The van der Waals surface area contributed by atoms with Crippen LogP contribution in [0.15, 0.2) is 59.8 Å². The van der Waals surface area contributed by atoms with Crippen LogP contribution in [-0.2, 0) is 27.5 Å². The Kier molecular flexibility index (Phi) is 8.08. The Morgan fingerprint density at radius 3 is 2.37 bits per heavy atom. The summed E-state index contributed by atoms with van der Waals surface area (Å²) in [5.74, 6) is -0.807. The van der Waals surface area contributed by atoms with Crippen molar-refractivity contribution in [3.63, 3.8) is 0 Å². The number of amides is 2. The number of benzene rings is 2. The molecule has 8 heteroatoms. The van der Waals surface area contributed by atoms with Crippen molar-refractivity contribution in [1.29, 1.82) is 0 Å². The maximum Gasteiger partial charge on any atom is 0.239 e. The van der Waals surface area contributed by atoms with Crippen molar-refractivity contribution >= 4 is 17.5 Å². The number of hydrogen-bond acceptors (Lipinski definition) is 6. The molecule has 0 aromatic heterocycles. The lowest BCUT2D eigenvalue weighted by Crippen LogP contribution is -2.46. The Labute approximate surface area is 157 Å². The standard InChI is InChI=1S/C19H22N4O4/c20-17(13-27-12-15-4-2-1-3-5-15)19(25)22-11-18(24)21-10-14-6-8-16(23-26)9-7-14/h1-9,17H,10-13,20H2,(H,21,24)(H,22,25). The normalized spacial score (nSPS) is 11.4. The summed E-state index contributed by atoms with van der Waals surface area (Å²) in [5, 5.41) is 7.94. The van der Waals surface area contributed by atoms with Crippen molar-refractivity contribution in [2.24, 2.45) is 10.9 Å². The number of carbonyl (C=O) groups is 2. The van der Waals surface area contributed by atoms with Gasteiger partial charge in [-0.2, -0.15) is 0 Å². The van der Waals surface area contributed by atoms with E-state index in [2.05, 4.69) is 15.8 Å². The second-order valence-corrected chi connectivity index (χ2v) is 5.86. The number of hydrogen-bond donors (Lipinski definition) is 3. The van der Waals surface area contributed by atoms with E-state index in [1.807, 2.05) is 30.3 Å². The number of ether oxygens (including phenoxy) is 1. The molecular formula is C19H22N4O4. The van der Waals surface area contributed by atoms with Crippen LogP contribution in [0.1, 0.15) is 11.1 Å². The molecule has 2 aromatic rings. The summed E-state index contributed by atoms with van der Waals surface area (Å²) < 4.78 is 5.42. The van der Waals surface area contributed by atoms with Crippen molar-refractivity contribution < 1.29 is 14.3 Å². The molecule has 0 saturated heterocycles. The average molecular weight is 370 g/mol. The Morgan fingerprint density at radius 1 is 1.00 bits per heavy atom. The number of nitrogens with zero attached hydrogens (tertiary/aromatic N) is 1. The summed E-state index contributed by atoms with van der Waals surface area (Å²) in [5.41, 5.74) is 7.88. The van der Waals surface area contributed by atoms with Crippen LogP contribution < -0.4 is 16.4 Å². The third-order valence-corrected chi connectivity index (χ3v) is 3.70. The molecular weight excluding hydrogens is 348 g/mol. The molecule has 0 spiro atoms. The first kappa shape index (κ1) is 20.2. The van der Waals surface area contributed by atoms with Gasteiger partial charge in [0.1, 0.15) is 11.7 Å². The Balaban J connectivity index is 1.62. The summed E-state index contributed by atoms with van der Waals surface area (Å²) in [6, 6.07) is 15.2. The minimum Gasteiger partial charge on any atom is -0.375 e. The van der Waals surface area contributed by atoms with Gasteiger partial charge >= 0.3 is 0 Å². The van der Waals surface area contributed by atoms with Crippen molar-refractivity contribution in [3.8, 4) is 0 Å². The van der Waals surface area contributed by atoms with Crippen molar-refractivity contribution in [2.45, 2.75) is 19.2 Å². The Bertz CT molecular complexity index is 750. The van der Waals surface area contributed by atoms with Gasteiger partial charge in [-0.3, -0.25) is 9.59 Å². The highest BCUT2D eigenvalue weighted by Crippen LogP contribution is 2.11. The highest BCUT2D eigenvalue weighted by atomic mass is 16.5. The van der Waals surface area contributed by atoms with Gasteiger partial charge in [-0.25, -0.2) is 0 Å². The molecule has 0 aliphatic heterocycles. The molecule has 2 rings (SSSR count). The number of nitrogens with two attached hydrogens (primary N) is 1. The second-order valence-electron chi connectivity index (χ2n) is 5.86. The van der Waals surface area contributed by atoms with Crippen LogP contribution in [0.2, 0.25) is 0 Å². The molecule has 4 N–H and O–H groups in total. The van der Waals surface area contributed by atoms with Crippen molar-refractivity contribution in [1.82, 2.24) is 10.6 Å². The number of nitroso groups, excluding NO2 is 1. The van der Waals surface area contributed by atoms with E-state index in [1.54, 1.807) is 24.3 Å². The Morgan fingerprint density at radius 2 is 1.70 bits per heavy atom. The molecule has 0 radical (unpaired) electrons. The fourth-order valence-corrected chi connectivity index (χ4v) is 2.19. The predicted octanol–water partition coefficient (Wildman–Crippen LogP) is 1.36. The molecule has 0 aliphatic carbocycles. The van der Waals surface area contributed by atoms with Crippen molar-refractivity contribution in [2.75, 3.05) is 13.2 Å². The highest BCUT2D eigenvalue weighted by Gasteiger charge is 2.14. The van der Waals surface area contributed by atoms with E-state index < -0.39 is 11.9 Å². The van der Waals surface area contributed by atoms with Gasteiger partial charge in [0.05, 0.1) is 19.8 Å². The van der Waals surface area contributed by atoms with Gasteiger partial charge in [0.2, 0.25) is 11.8 Å². The van der Waals surface area contributed by atoms with Gasteiger partial charge in [0.25, 0.3) is 0 Å². The molecule has 1 unspecified atom stereocenters. The van der Waals surface area contributed by atoms with Crippen LogP contribution in [0.5, 0.6) is 0 Å². The average Bonchev–Trinajstić information content (AvgIpc) is 2.71. The van der Waals surface area contributed by atoms with Crippen LogP contribution in [0.3, 0.4) is 0 Å². The zero-order chi connectivity index (χ0) is 19.5. The van der Waals surface area contributed by atoms with Crippen LogP contribution in [0.4, 0.5) is 5.69 Å². The molecule has 27 heavy (non-hydrogen) atoms. The summed E-state index contributed by atoms with van der Waals surface area (Å²) in [6.07, 6.45) is 0. The van der Waals surface area contributed by atoms with Gasteiger partial charge in [0.15, 0.2) is 0 Å². The molecule has 0 heterocycles. The fraction of sp³-hybridized carbons (Fsp3) is 0.263. The first-order valence-corrected chi connectivity index (χ1v) is 8.42. The van der Waals surface area contributed by atoms with Gasteiger partial charge < -0.3 is 21.1 Å². The van der Waals surface area contributed by atoms with Crippen LogP contribution in [-0.4, -0.2) is 31.0 Å². The molecule has 0 fully saturated rings. The van der Waals surface area contributed by atoms with Crippen LogP contribution in [0.25, 0.3) is 0 Å². The number of nitrogens with one attached hydrogen (secondary N) is 2. The third-order valence-electron chi connectivity index (χ3n) is 3.70. The van der Waals surface area contributed by atoms with Gasteiger partial charge in [-0.05, 0) is 28.4 Å². The zero-order valence-corrected chi connectivity index (χ0v) is 14.8. The van der Waals surface area contributed by atoms with E-state index in [-0.39, 0.29) is 25.6 Å². The zero-order valence-electron chi connectivity index (χ0n) is 14.8. The van der Waals surface area contributed by atoms with Crippen LogP contribution in [0, 0.1) is 4.91 Å². The number of carbonyl (C=O) groups excluding carboxylic acids is 2. The molecule has 0 saturated carbocycles. The monoisotopic (exact) mass is 370 g/mol. The largest absolute Gasteiger partial charge is 0.375 e. The van der Waals surface area contributed by atoms with Gasteiger partial charge in [-0.1, -0.05) is 42.5 Å². The first-order valence-electron chi connectivity index (χ1n) is 8.42. The van der Waals surface area contributed by atoms with E-state index in [4.69, 9.17) is 10.5 Å². The fourth-order valence-electron chi connectivity index (χ4n) is 2.19. The lowest BCUT2D eigenvalue weighted by molar-refractivity contribution is -0.127. The molecule has 2 aromatic carbocycles. The quantitative estimate of drug-likeness (QED) is 0.545. The van der Waals surface area contributed by atoms with Crippen molar-refractivity contribution in [3.05, 3.63) is 70.6 Å². The summed E-state index contributed by atoms with van der Waals surface area (Å²) in [4.78, 5) is 34.0. The maximum atomic E-state index is 11.9. The maximum absolute atomic E-state index is 11.9. The molecule has 142 valence electrons. The third kappa shape index (κ3) is 7.35. The number of rotatable bonds is 10. The molecule has 0 bridgehead atoms. The molecule has 8 nitrogen and oxygen atoms in total. The van der Waals surface area contributed by atoms with E-state index in [0.717, 1.165) is 11.1 Å². The van der Waals surface area contributed by atoms with E-state index in [9.17, 15) is 14.5 Å². The lowest BCUT2D eigenvalue weighted by atomic mass is 10.2. The molecule has 0 aliphatic rings. The minimum absolute atomic E-state index is 0.0550. The smallest absolute Gasteiger partial charge is 0.239 e. The lowest BCUT2D eigenvalue weighted by Gasteiger charge is -2.13. The Hall–Kier alpha value is -3.10. The molecule has 1 atom stereocenters. The summed E-state index contributed by atoms with van der Waals surface area (Å²) in [7, 11) is 0. The van der Waals surface area contributed by atoms with Crippen LogP contribution >= 0.6 is 0 Å². The topological polar surface area (TPSA) is 123 Å². The molecule has 2 amide bonds. The summed E-state index contributed by atoms with van der Waals surface area (Å²) in [6.45, 7) is 0.513. The minimum atomic E-state index is -0.857. The SMILES string of the molecule is NC(COCc1ccccc1)C(=O)NCC(=O)NCc1ccc(N=O)cc1. The van der Waals surface area contributed by atoms with E-state index in [0.29, 0.717) is 12.3 Å². The van der Waals surface area contributed by atoms with Gasteiger partial charge in [0, 0.05) is 6.54 Å². The predicted molar refractivity (Wildman–Crippen MR) is 101 cm³/mol. The summed E-state index contributed by atoms with van der Waals surface area (Å²) >= 11 is 0. The van der Waals surface area contributed by atoms with E-state index in [1.165, 1.54) is 0 Å². The van der Waals surface area contributed by atoms with E-state index >= 15 is 0 Å². The van der Waals surface area contributed by atoms with Gasteiger partial charge in [-0.15, -0.1) is 4.91 Å². The second kappa shape index (κ2) is 10.8.